The molecule has 0 radical (unpaired) electrons. The Kier molecular flexibility index (Phi) is 4.95. The molecule has 1 aromatic rings. The third-order valence-corrected chi connectivity index (χ3v) is 4.46. The van der Waals surface area contributed by atoms with E-state index in [1.807, 2.05) is 41.5 Å². The lowest BCUT2D eigenvalue weighted by Gasteiger charge is -2.36. The van der Waals surface area contributed by atoms with Gasteiger partial charge in [0.25, 0.3) is 0 Å². The summed E-state index contributed by atoms with van der Waals surface area (Å²) >= 11 is 3.46. The van der Waals surface area contributed by atoms with Crippen molar-refractivity contribution in [1.82, 2.24) is 4.98 Å². The molecule has 1 spiro atoms. The monoisotopic (exact) mass is 384 g/mol. The Morgan fingerprint density at radius 2 is 2.00 bits per heavy atom. The molecule has 128 valence electrons. The Balaban J connectivity index is 0.000000924. The molecule has 1 aliphatic carbocycles. The van der Waals surface area contributed by atoms with E-state index in [1.54, 1.807) is 11.1 Å². The van der Waals surface area contributed by atoms with Crippen LogP contribution in [0.5, 0.6) is 5.88 Å². The van der Waals surface area contributed by atoms with E-state index in [-0.39, 0.29) is 11.7 Å². The number of hydrogen-bond donors (Lipinski definition) is 0. The number of pyridine rings is 1. The summed E-state index contributed by atoms with van der Waals surface area (Å²) in [5.74, 6) is 0.519. The molecule has 0 atom stereocenters. The summed E-state index contributed by atoms with van der Waals surface area (Å²) in [6.45, 7) is 12.1. The van der Waals surface area contributed by atoms with E-state index in [0.29, 0.717) is 18.1 Å². The van der Waals surface area contributed by atoms with E-state index in [0.717, 1.165) is 22.9 Å². The Bertz CT molecular complexity index is 607. The van der Waals surface area contributed by atoms with Gasteiger partial charge in [0.15, 0.2) is 0 Å². The molecule has 0 unspecified atom stereocenters. The molecule has 2 heterocycles. The van der Waals surface area contributed by atoms with Gasteiger partial charge in [-0.25, -0.2) is 9.78 Å². The highest BCUT2D eigenvalue weighted by Crippen LogP contribution is 2.49. The first-order chi connectivity index (χ1) is 10.7. The molecule has 1 fully saturated rings. The maximum atomic E-state index is 12.6. The number of aromatic nitrogens is 1. The van der Waals surface area contributed by atoms with Gasteiger partial charge in [0.05, 0.1) is 6.54 Å². The SMILES string of the molecule is CC.Cc1c(Br)cnc2c1N(C(=O)OC(C)(C)C)CC1(CC1)O2. The molecule has 0 aromatic carbocycles. The van der Waals surface area contributed by atoms with Crippen molar-refractivity contribution in [1.29, 1.82) is 0 Å². The molecule has 1 aliphatic heterocycles. The third-order valence-electron chi connectivity index (χ3n) is 3.66. The van der Waals surface area contributed by atoms with Crippen LogP contribution >= 0.6 is 15.9 Å². The molecule has 6 heteroatoms. The van der Waals surface area contributed by atoms with Crippen molar-refractivity contribution in [2.24, 2.45) is 0 Å². The van der Waals surface area contributed by atoms with Crippen LogP contribution in [0, 0.1) is 6.92 Å². The lowest BCUT2D eigenvalue weighted by atomic mass is 10.1. The Hall–Kier alpha value is -1.30. The third kappa shape index (κ3) is 3.79. The Morgan fingerprint density at radius 1 is 1.39 bits per heavy atom. The summed E-state index contributed by atoms with van der Waals surface area (Å²) in [6.07, 6.45) is 3.26. The number of ether oxygens (including phenoxy) is 2. The summed E-state index contributed by atoms with van der Waals surface area (Å²) in [5.41, 5.74) is 0.842. The first-order valence-corrected chi connectivity index (χ1v) is 8.85. The number of halogens is 1. The maximum absolute atomic E-state index is 12.6. The fraction of sp³-hybridized carbons (Fsp3) is 0.647. The number of carbonyl (C=O) groups is 1. The number of anilines is 1. The standard InChI is InChI=1S/C15H19BrN2O3.C2H6/c1-9-10(16)7-17-12-11(9)18(8-15(20-12)5-6-15)13(19)21-14(2,3)4;1-2/h7H,5-6,8H2,1-4H3;1-2H3. The van der Waals surface area contributed by atoms with Crippen LogP contribution in [0.15, 0.2) is 10.7 Å². The summed E-state index contributed by atoms with van der Waals surface area (Å²) < 4.78 is 12.4. The van der Waals surface area contributed by atoms with E-state index < -0.39 is 5.60 Å². The van der Waals surface area contributed by atoms with Gasteiger partial charge in [0.1, 0.15) is 16.9 Å². The van der Waals surface area contributed by atoms with E-state index >= 15 is 0 Å². The predicted octanol–water partition coefficient (Wildman–Crippen LogP) is 4.85. The Labute approximate surface area is 146 Å². The zero-order chi connectivity index (χ0) is 17.4. The lowest BCUT2D eigenvalue weighted by molar-refractivity contribution is 0.0533. The van der Waals surface area contributed by atoms with E-state index in [2.05, 4.69) is 20.9 Å². The van der Waals surface area contributed by atoms with Crippen LogP contribution in [0.2, 0.25) is 0 Å². The maximum Gasteiger partial charge on any atom is 0.415 e. The van der Waals surface area contributed by atoms with E-state index in [4.69, 9.17) is 9.47 Å². The summed E-state index contributed by atoms with van der Waals surface area (Å²) in [7, 11) is 0. The summed E-state index contributed by atoms with van der Waals surface area (Å²) in [6, 6.07) is 0. The van der Waals surface area contributed by atoms with Gasteiger partial charge in [0, 0.05) is 10.7 Å². The zero-order valence-corrected chi connectivity index (χ0v) is 16.3. The number of rotatable bonds is 0. The fourth-order valence-corrected chi connectivity index (χ4v) is 2.71. The normalized spacial score (nSPS) is 17.6. The molecule has 5 nitrogen and oxygen atoms in total. The molecular weight excluding hydrogens is 360 g/mol. The van der Waals surface area contributed by atoms with Gasteiger partial charge in [0.2, 0.25) is 5.88 Å². The molecule has 0 N–H and O–H groups in total. The smallest absolute Gasteiger partial charge is 0.415 e. The molecule has 0 saturated heterocycles. The first kappa shape index (κ1) is 18.0. The highest BCUT2D eigenvalue weighted by molar-refractivity contribution is 9.10. The van der Waals surface area contributed by atoms with Crippen LogP contribution in [0.4, 0.5) is 10.5 Å². The van der Waals surface area contributed by atoms with Crippen LogP contribution in [0.3, 0.4) is 0 Å². The van der Waals surface area contributed by atoms with Gasteiger partial charge < -0.3 is 9.47 Å². The molecule has 2 aliphatic rings. The van der Waals surface area contributed by atoms with Gasteiger partial charge in [-0.15, -0.1) is 0 Å². The second-order valence-corrected chi connectivity index (χ2v) is 7.59. The van der Waals surface area contributed by atoms with Crippen LogP contribution < -0.4 is 9.64 Å². The van der Waals surface area contributed by atoms with Crippen LogP contribution in [-0.4, -0.2) is 28.8 Å². The van der Waals surface area contributed by atoms with E-state index in [1.165, 1.54) is 0 Å². The number of fused-ring (bicyclic) bond motifs is 1. The summed E-state index contributed by atoms with van der Waals surface area (Å²) in [5, 5.41) is 0. The number of amides is 1. The summed E-state index contributed by atoms with van der Waals surface area (Å²) in [4.78, 5) is 18.6. The van der Waals surface area contributed by atoms with Crippen molar-refractivity contribution in [3.63, 3.8) is 0 Å². The van der Waals surface area contributed by atoms with Gasteiger partial charge in [-0.3, -0.25) is 4.90 Å². The molecule has 1 saturated carbocycles. The number of hydrogen-bond acceptors (Lipinski definition) is 4. The van der Waals surface area contributed by atoms with Gasteiger partial charge in [-0.2, -0.15) is 0 Å². The van der Waals surface area contributed by atoms with Gasteiger partial charge >= 0.3 is 6.09 Å². The minimum atomic E-state index is -0.528. The molecule has 23 heavy (non-hydrogen) atoms. The van der Waals surface area contributed by atoms with Crippen LogP contribution in [0.25, 0.3) is 0 Å². The topological polar surface area (TPSA) is 51.7 Å². The second-order valence-electron chi connectivity index (χ2n) is 6.74. The highest BCUT2D eigenvalue weighted by Gasteiger charge is 2.53. The predicted molar refractivity (Wildman–Crippen MR) is 94.2 cm³/mol. The quantitative estimate of drug-likeness (QED) is 0.641. The molecule has 3 rings (SSSR count). The van der Waals surface area contributed by atoms with Crippen LogP contribution in [-0.2, 0) is 4.74 Å². The average Bonchev–Trinajstić information content (AvgIpc) is 3.21. The van der Waals surface area contributed by atoms with E-state index in [9.17, 15) is 4.79 Å². The van der Waals surface area contributed by atoms with Gasteiger partial charge in [-0.1, -0.05) is 13.8 Å². The van der Waals surface area contributed by atoms with Crippen molar-refractivity contribution >= 4 is 27.7 Å². The minimum Gasteiger partial charge on any atom is -0.468 e. The zero-order valence-electron chi connectivity index (χ0n) is 14.7. The average molecular weight is 385 g/mol. The van der Waals surface area contributed by atoms with Crippen LogP contribution in [0.1, 0.15) is 53.0 Å². The van der Waals surface area contributed by atoms with Crippen molar-refractivity contribution in [3.8, 4) is 5.88 Å². The largest absolute Gasteiger partial charge is 0.468 e. The molecular formula is C17H25BrN2O3. The highest BCUT2D eigenvalue weighted by atomic mass is 79.9. The van der Waals surface area contributed by atoms with Crippen molar-refractivity contribution < 1.29 is 14.3 Å². The molecule has 0 bridgehead atoms. The fourth-order valence-electron chi connectivity index (χ4n) is 2.42. The number of nitrogens with zero attached hydrogens (tertiary/aromatic N) is 2. The minimum absolute atomic E-state index is 0.267. The molecule has 1 aromatic heterocycles. The molecule has 1 amide bonds. The first-order valence-electron chi connectivity index (χ1n) is 8.05. The van der Waals surface area contributed by atoms with Crippen molar-refractivity contribution in [2.45, 2.75) is 65.6 Å². The van der Waals surface area contributed by atoms with Crippen molar-refractivity contribution in [2.75, 3.05) is 11.4 Å². The number of carbonyl (C=O) groups excluding carboxylic acids is 1. The lowest BCUT2D eigenvalue weighted by Crippen LogP contribution is -2.47. The Morgan fingerprint density at radius 3 is 2.52 bits per heavy atom. The van der Waals surface area contributed by atoms with Crippen molar-refractivity contribution in [3.05, 3.63) is 16.2 Å². The second kappa shape index (κ2) is 6.30. The van der Waals surface area contributed by atoms with Gasteiger partial charge in [-0.05, 0) is 62.0 Å².